The molecular weight excluding hydrogens is 432 g/mol. The number of carboxylic acids is 1. The average Bonchev–Trinajstić information content (AvgIpc) is 3.35. The Balaban J connectivity index is 1.13. The first-order chi connectivity index (χ1) is 16.4. The maximum atomic E-state index is 12.8. The largest absolute Gasteiger partial charge is 0.481 e. The van der Waals surface area contributed by atoms with Gasteiger partial charge in [-0.25, -0.2) is 4.79 Å². The van der Waals surface area contributed by atoms with Gasteiger partial charge in [0.25, 0.3) is 0 Å². The summed E-state index contributed by atoms with van der Waals surface area (Å²) in [7, 11) is 0. The molecule has 2 atom stereocenters. The van der Waals surface area contributed by atoms with E-state index in [9.17, 15) is 14.4 Å². The van der Waals surface area contributed by atoms with Gasteiger partial charge in [0, 0.05) is 18.9 Å². The van der Waals surface area contributed by atoms with Crippen molar-refractivity contribution in [1.29, 1.82) is 0 Å². The van der Waals surface area contributed by atoms with Gasteiger partial charge >= 0.3 is 12.1 Å². The van der Waals surface area contributed by atoms with Crippen molar-refractivity contribution in [2.45, 2.75) is 50.0 Å². The van der Waals surface area contributed by atoms with Crippen LogP contribution in [0.2, 0.25) is 0 Å². The van der Waals surface area contributed by atoms with Crippen LogP contribution in [0.25, 0.3) is 11.1 Å². The van der Waals surface area contributed by atoms with Crippen molar-refractivity contribution in [2.75, 3.05) is 13.2 Å². The van der Waals surface area contributed by atoms with Gasteiger partial charge in [-0.2, -0.15) is 0 Å². The topological polar surface area (TPSA) is 105 Å². The first-order valence-electron chi connectivity index (χ1n) is 12.1. The fourth-order valence-corrected chi connectivity index (χ4v) is 5.57. The summed E-state index contributed by atoms with van der Waals surface area (Å²) in [6.45, 7) is 0.730. The van der Waals surface area contributed by atoms with Gasteiger partial charge in [0.15, 0.2) is 0 Å². The zero-order valence-corrected chi connectivity index (χ0v) is 19.1. The third-order valence-corrected chi connectivity index (χ3v) is 7.53. The van der Waals surface area contributed by atoms with Crippen molar-refractivity contribution < 1.29 is 24.2 Å². The Kier molecular flexibility index (Phi) is 6.02. The van der Waals surface area contributed by atoms with Crippen LogP contribution >= 0.6 is 0 Å². The molecule has 3 aliphatic carbocycles. The zero-order valence-electron chi connectivity index (χ0n) is 19.1. The number of hydrogen-bond acceptors (Lipinski definition) is 4. The Morgan fingerprint density at radius 1 is 0.941 bits per heavy atom. The smallest absolute Gasteiger partial charge is 0.408 e. The number of rotatable bonds is 8. The highest BCUT2D eigenvalue weighted by atomic mass is 16.5. The molecule has 34 heavy (non-hydrogen) atoms. The zero-order chi connectivity index (χ0) is 23.7. The van der Waals surface area contributed by atoms with E-state index in [-0.39, 0.29) is 30.8 Å². The predicted molar refractivity (Wildman–Crippen MR) is 126 cm³/mol. The summed E-state index contributed by atoms with van der Waals surface area (Å²) in [6.07, 6.45) is 3.43. The normalized spacial score (nSPS) is 21.9. The van der Waals surface area contributed by atoms with Crippen LogP contribution in [0.4, 0.5) is 4.79 Å². The maximum absolute atomic E-state index is 12.8. The van der Waals surface area contributed by atoms with Crippen molar-refractivity contribution in [2.24, 2.45) is 11.8 Å². The monoisotopic (exact) mass is 462 g/mol. The van der Waals surface area contributed by atoms with Gasteiger partial charge in [0.05, 0.1) is 0 Å². The summed E-state index contributed by atoms with van der Waals surface area (Å²) in [4.78, 5) is 36.3. The second kappa shape index (κ2) is 9.12. The Hall–Kier alpha value is -3.35. The van der Waals surface area contributed by atoms with Crippen LogP contribution in [-0.4, -0.2) is 41.8 Å². The highest BCUT2D eigenvalue weighted by Crippen LogP contribution is 2.44. The lowest BCUT2D eigenvalue weighted by atomic mass is 9.98. The molecule has 3 aliphatic rings. The molecule has 0 saturated heterocycles. The molecule has 0 bridgehead atoms. The molecule has 2 amide bonds. The summed E-state index contributed by atoms with van der Waals surface area (Å²) in [5.74, 6) is -0.489. The number of amides is 2. The molecular formula is C27H30N2O5. The molecule has 2 aromatic carbocycles. The minimum Gasteiger partial charge on any atom is -0.481 e. The van der Waals surface area contributed by atoms with Crippen LogP contribution in [0, 0.1) is 11.8 Å². The molecule has 0 aromatic heterocycles. The van der Waals surface area contributed by atoms with Gasteiger partial charge in [-0.1, -0.05) is 48.5 Å². The second-order valence-corrected chi connectivity index (χ2v) is 9.89. The molecule has 0 aliphatic heterocycles. The number of alkyl carbamates (subject to hydrolysis) is 1. The number of hydrogen-bond donors (Lipinski definition) is 3. The van der Waals surface area contributed by atoms with Crippen molar-refractivity contribution >= 4 is 18.0 Å². The van der Waals surface area contributed by atoms with Gasteiger partial charge in [-0.15, -0.1) is 0 Å². The van der Waals surface area contributed by atoms with Crippen LogP contribution in [0.15, 0.2) is 48.5 Å². The number of aliphatic carboxylic acids is 1. The lowest BCUT2D eigenvalue weighted by Gasteiger charge is -2.20. The summed E-state index contributed by atoms with van der Waals surface area (Å²) in [5.41, 5.74) is 3.74. The third-order valence-electron chi connectivity index (χ3n) is 7.53. The van der Waals surface area contributed by atoms with E-state index in [4.69, 9.17) is 9.84 Å². The minimum absolute atomic E-state index is 0.0248. The minimum atomic E-state index is -0.887. The highest BCUT2D eigenvalue weighted by Gasteiger charge is 2.51. The van der Waals surface area contributed by atoms with Crippen LogP contribution < -0.4 is 10.6 Å². The number of nitrogens with one attached hydrogen (secondary N) is 2. The lowest BCUT2D eigenvalue weighted by Crippen LogP contribution is -2.50. The molecule has 178 valence electrons. The summed E-state index contributed by atoms with van der Waals surface area (Å²) >= 11 is 0. The van der Waals surface area contributed by atoms with Crippen molar-refractivity contribution in [3.63, 3.8) is 0 Å². The second-order valence-electron chi connectivity index (χ2n) is 9.89. The van der Waals surface area contributed by atoms with E-state index in [1.807, 2.05) is 24.3 Å². The van der Waals surface area contributed by atoms with E-state index in [1.165, 1.54) is 11.1 Å². The SMILES string of the molecule is O=C(O)CC1CCC(CNC(=O)C2(NC(=O)OCC3c4ccccc4-c4ccccc43)CC2)C1. The van der Waals surface area contributed by atoms with Crippen LogP contribution in [0.3, 0.4) is 0 Å². The molecule has 2 unspecified atom stereocenters. The molecule has 0 heterocycles. The first-order valence-corrected chi connectivity index (χ1v) is 12.1. The number of carbonyl (C=O) groups excluding carboxylic acids is 2. The average molecular weight is 463 g/mol. The molecule has 0 radical (unpaired) electrons. The van der Waals surface area contributed by atoms with Crippen LogP contribution in [-0.2, 0) is 14.3 Å². The highest BCUT2D eigenvalue weighted by molar-refractivity contribution is 5.92. The molecule has 3 N–H and O–H groups in total. The van der Waals surface area contributed by atoms with E-state index < -0.39 is 17.6 Å². The Bertz CT molecular complexity index is 1060. The number of carbonyl (C=O) groups is 3. The molecule has 5 rings (SSSR count). The van der Waals surface area contributed by atoms with Crippen LogP contribution in [0.5, 0.6) is 0 Å². The number of fused-ring (bicyclic) bond motifs is 3. The number of carboxylic acid groups (broad SMARTS) is 1. The first kappa shape index (κ1) is 22.4. The molecule has 7 heteroatoms. The van der Waals surface area contributed by atoms with Gasteiger partial charge in [-0.05, 0) is 66.2 Å². The Morgan fingerprint density at radius 3 is 2.18 bits per heavy atom. The third kappa shape index (κ3) is 4.52. The Labute approximate surface area is 198 Å². The van der Waals surface area contributed by atoms with E-state index in [0.717, 1.165) is 30.4 Å². The van der Waals surface area contributed by atoms with Crippen LogP contribution in [0.1, 0.15) is 55.6 Å². The molecule has 7 nitrogen and oxygen atoms in total. The van der Waals surface area contributed by atoms with Crippen molar-refractivity contribution in [3.05, 3.63) is 59.7 Å². The van der Waals surface area contributed by atoms with Gasteiger partial charge in [0.1, 0.15) is 12.1 Å². The lowest BCUT2D eigenvalue weighted by molar-refractivity contribution is -0.138. The molecule has 0 spiro atoms. The molecule has 2 saturated carbocycles. The van der Waals surface area contributed by atoms with Crippen molar-refractivity contribution in [1.82, 2.24) is 10.6 Å². The van der Waals surface area contributed by atoms with E-state index in [2.05, 4.69) is 34.9 Å². The fourth-order valence-electron chi connectivity index (χ4n) is 5.57. The quantitative estimate of drug-likeness (QED) is 0.549. The summed E-state index contributed by atoms with van der Waals surface area (Å²) in [6, 6.07) is 16.3. The van der Waals surface area contributed by atoms with E-state index in [1.54, 1.807) is 0 Å². The summed E-state index contributed by atoms with van der Waals surface area (Å²) < 4.78 is 5.61. The van der Waals surface area contributed by atoms with Crippen molar-refractivity contribution in [3.8, 4) is 11.1 Å². The maximum Gasteiger partial charge on any atom is 0.408 e. The van der Waals surface area contributed by atoms with Gasteiger partial charge in [0.2, 0.25) is 5.91 Å². The number of ether oxygens (including phenoxy) is 1. The van der Waals surface area contributed by atoms with Gasteiger partial charge < -0.3 is 20.5 Å². The fraction of sp³-hybridized carbons (Fsp3) is 0.444. The number of benzene rings is 2. The van der Waals surface area contributed by atoms with E-state index >= 15 is 0 Å². The summed E-state index contributed by atoms with van der Waals surface area (Å²) in [5, 5.41) is 14.7. The molecule has 2 aromatic rings. The Morgan fingerprint density at radius 2 is 1.56 bits per heavy atom. The van der Waals surface area contributed by atoms with E-state index in [0.29, 0.717) is 25.3 Å². The standard InChI is InChI=1S/C27H30N2O5/c30-24(31)14-17-9-10-18(13-17)15-28-25(32)27(11-12-27)29-26(33)34-16-23-21-7-3-1-5-19(21)20-6-2-4-8-22(20)23/h1-8,17-18,23H,9-16H2,(H,28,32)(H,29,33)(H,30,31). The molecule has 2 fully saturated rings. The van der Waals surface area contributed by atoms with Gasteiger partial charge in [-0.3, -0.25) is 9.59 Å². The predicted octanol–water partition coefficient (Wildman–Crippen LogP) is 4.06.